The molecule has 0 bridgehead atoms. The van der Waals surface area contributed by atoms with Gasteiger partial charge in [0.2, 0.25) is 0 Å². The summed E-state index contributed by atoms with van der Waals surface area (Å²) in [5, 5.41) is 16.9. The zero-order chi connectivity index (χ0) is 24.6. The molecule has 9 heteroatoms. The number of amides is 2. The summed E-state index contributed by atoms with van der Waals surface area (Å²) in [6.45, 7) is 6.63. The van der Waals surface area contributed by atoms with Gasteiger partial charge in [-0.15, -0.1) is 5.10 Å². The van der Waals surface area contributed by atoms with Gasteiger partial charge in [-0.3, -0.25) is 9.59 Å². The molecule has 1 atom stereocenters. The van der Waals surface area contributed by atoms with Gasteiger partial charge in [0, 0.05) is 35.4 Å². The van der Waals surface area contributed by atoms with Gasteiger partial charge in [-0.2, -0.15) is 0 Å². The van der Waals surface area contributed by atoms with Gasteiger partial charge >= 0.3 is 0 Å². The maximum absolute atomic E-state index is 13.1. The number of nitrogens with one attached hydrogen (secondary N) is 1. The zero-order valence-corrected chi connectivity index (χ0v) is 20.2. The maximum Gasteiger partial charge on any atom is 0.259 e. The van der Waals surface area contributed by atoms with E-state index in [1.54, 1.807) is 6.20 Å². The van der Waals surface area contributed by atoms with Gasteiger partial charge in [0.1, 0.15) is 5.56 Å². The van der Waals surface area contributed by atoms with E-state index in [9.17, 15) is 14.7 Å². The summed E-state index contributed by atoms with van der Waals surface area (Å²) in [6, 6.07) is 6.11. The molecule has 3 heterocycles. The molecule has 3 aromatic rings. The number of nitrogens with two attached hydrogens (primary N) is 1. The summed E-state index contributed by atoms with van der Waals surface area (Å²) in [5.41, 5.74) is 10.6. The molecule has 2 aromatic heterocycles. The zero-order valence-electron chi connectivity index (χ0n) is 20.2. The largest absolute Gasteiger partial charge is 0.393 e. The monoisotopic (exact) mass is 474 g/mol. The van der Waals surface area contributed by atoms with Gasteiger partial charge in [-0.05, 0) is 81.7 Å². The Balaban J connectivity index is 1.34. The topological polar surface area (TPSA) is 126 Å². The van der Waals surface area contributed by atoms with Gasteiger partial charge in [0.05, 0.1) is 11.8 Å². The van der Waals surface area contributed by atoms with Crippen LogP contribution in [-0.2, 0) is 6.54 Å². The molecule has 0 unspecified atom stereocenters. The van der Waals surface area contributed by atoms with Crippen molar-refractivity contribution in [1.82, 2.24) is 24.8 Å². The minimum atomic E-state index is -0.470. The summed E-state index contributed by atoms with van der Waals surface area (Å²) in [4.78, 5) is 33.0. The Hall–Kier alpha value is -3.46. The number of rotatable bonds is 5. The van der Waals surface area contributed by atoms with Crippen LogP contribution in [0, 0.1) is 12.8 Å². The normalized spacial score (nSPS) is 24.4. The van der Waals surface area contributed by atoms with Crippen LogP contribution in [0.5, 0.6) is 0 Å². The average molecular weight is 475 g/mol. The smallest absolute Gasteiger partial charge is 0.259 e. The number of carbonyl (C=O) groups excluding carboxylic acids is 2. The molecule has 2 saturated carbocycles. The molecule has 4 N–H and O–H groups in total. The van der Waals surface area contributed by atoms with Crippen LogP contribution < -0.4 is 11.1 Å². The van der Waals surface area contributed by atoms with E-state index in [0.29, 0.717) is 36.6 Å². The number of hydrogen-bond donors (Lipinski definition) is 3. The fourth-order valence-electron chi connectivity index (χ4n) is 5.74. The third kappa shape index (κ3) is 3.56. The van der Waals surface area contributed by atoms with Crippen molar-refractivity contribution in [3.8, 4) is 11.3 Å². The summed E-state index contributed by atoms with van der Waals surface area (Å²) in [5.74, 6) is 0.483. The van der Waals surface area contributed by atoms with E-state index in [-0.39, 0.29) is 29.2 Å². The molecule has 0 saturated heterocycles. The number of carbonyl (C=O) groups is 2. The van der Waals surface area contributed by atoms with Crippen molar-refractivity contribution >= 4 is 23.3 Å². The van der Waals surface area contributed by atoms with Crippen molar-refractivity contribution in [2.24, 2.45) is 5.92 Å². The molecule has 1 aromatic carbocycles. The minimum Gasteiger partial charge on any atom is -0.393 e. The second-order valence-corrected chi connectivity index (χ2v) is 10.8. The molecule has 35 heavy (non-hydrogen) atoms. The van der Waals surface area contributed by atoms with Gasteiger partial charge < -0.3 is 21.1 Å². The van der Waals surface area contributed by atoms with Crippen molar-refractivity contribution in [3.63, 3.8) is 0 Å². The molecule has 1 aliphatic heterocycles. The van der Waals surface area contributed by atoms with E-state index in [2.05, 4.69) is 17.3 Å². The predicted molar refractivity (Wildman–Crippen MR) is 131 cm³/mol. The van der Waals surface area contributed by atoms with Crippen LogP contribution in [-0.4, -0.2) is 54.1 Å². The lowest BCUT2D eigenvalue weighted by Gasteiger charge is -2.43. The highest BCUT2D eigenvalue weighted by Gasteiger charge is 2.42. The number of aliphatic hydroxyl groups is 1. The molecule has 0 spiro atoms. The van der Waals surface area contributed by atoms with Crippen molar-refractivity contribution in [2.45, 2.75) is 70.7 Å². The standard InChI is InChI=1S/C26H30N6O3/c1-13-8-16(9-17-12-31(25(35)20(13)17)14(2)15-4-5-15)19-6-7-32-23(28-19)21(22(27)30-32)24(34)29-26(3)10-18(33)11-26/h6-9,14-15,18,33H,4-5,10-12H2,1-3H3,(H2,27,30)(H,29,34)/t14-,18?,26?/m0/s1. The number of anilines is 1. The molecular weight excluding hydrogens is 444 g/mol. The highest BCUT2D eigenvalue weighted by molar-refractivity contribution is 6.05. The lowest BCUT2D eigenvalue weighted by atomic mass is 9.76. The number of aryl methyl sites for hydroxylation is 1. The maximum atomic E-state index is 13.1. The number of aliphatic hydroxyl groups excluding tert-OH is 1. The second kappa shape index (κ2) is 7.52. The second-order valence-electron chi connectivity index (χ2n) is 10.8. The molecule has 2 fully saturated rings. The van der Waals surface area contributed by atoms with E-state index in [1.807, 2.05) is 36.9 Å². The van der Waals surface area contributed by atoms with Crippen molar-refractivity contribution in [1.29, 1.82) is 0 Å². The first-order valence-corrected chi connectivity index (χ1v) is 12.2. The van der Waals surface area contributed by atoms with Crippen LogP contribution >= 0.6 is 0 Å². The molecule has 182 valence electrons. The Morgan fingerprint density at radius 1 is 1.31 bits per heavy atom. The first kappa shape index (κ1) is 22.0. The average Bonchev–Trinajstić information content (AvgIpc) is 3.49. The Labute approximate surface area is 203 Å². The number of nitrogen functional groups attached to an aromatic ring is 1. The van der Waals surface area contributed by atoms with Gasteiger partial charge in [0.25, 0.3) is 11.8 Å². The number of hydrogen-bond acceptors (Lipinski definition) is 6. The van der Waals surface area contributed by atoms with E-state index >= 15 is 0 Å². The van der Waals surface area contributed by atoms with Crippen LogP contribution in [0.25, 0.3) is 16.9 Å². The first-order chi connectivity index (χ1) is 16.6. The molecule has 6 rings (SSSR count). The summed E-state index contributed by atoms with van der Waals surface area (Å²) in [7, 11) is 0. The summed E-state index contributed by atoms with van der Waals surface area (Å²) < 4.78 is 1.51. The Morgan fingerprint density at radius 2 is 2.06 bits per heavy atom. The Bertz CT molecular complexity index is 1390. The van der Waals surface area contributed by atoms with E-state index in [1.165, 1.54) is 17.4 Å². The van der Waals surface area contributed by atoms with Gasteiger partial charge in [-0.1, -0.05) is 0 Å². The van der Waals surface area contributed by atoms with Crippen LogP contribution in [0.1, 0.15) is 71.4 Å². The highest BCUT2D eigenvalue weighted by atomic mass is 16.3. The SMILES string of the molecule is Cc1cc(-c2ccn3nc(N)c(C(=O)NC4(C)CC(O)C4)c3n2)cc2c1C(=O)N([C@@H](C)C1CC1)C2. The predicted octanol–water partition coefficient (Wildman–Crippen LogP) is 2.68. The number of benzene rings is 1. The number of fused-ring (bicyclic) bond motifs is 2. The minimum absolute atomic E-state index is 0.107. The van der Waals surface area contributed by atoms with Gasteiger partial charge in [-0.25, -0.2) is 9.50 Å². The first-order valence-electron chi connectivity index (χ1n) is 12.2. The third-order valence-corrected chi connectivity index (χ3v) is 7.85. The molecular formula is C26H30N6O3. The van der Waals surface area contributed by atoms with Crippen LogP contribution in [0.15, 0.2) is 24.4 Å². The summed E-state index contributed by atoms with van der Waals surface area (Å²) in [6.07, 6.45) is 4.73. The van der Waals surface area contributed by atoms with Crippen molar-refractivity contribution < 1.29 is 14.7 Å². The van der Waals surface area contributed by atoms with Crippen molar-refractivity contribution in [3.05, 3.63) is 46.6 Å². The fourth-order valence-corrected chi connectivity index (χ4v) is 5.74. The number of aromatic nitrogens is 3. The fraction of sp³-hybridized carbons (Fsp3) is 0.462. The molecule has 9 nitrogen and oxygen atoms in total. The Kier molecular flexibility index (Phi) is 4.73. The van der Waals surface area contributed by atoms with Gasteiger partial charge in [0.15, 0.2) is 11.5 Å². The van der Waals surface area contributed by atoms with Crippen molar-refractivity contribution in [2.75, 3.05) is 5.73 Å². The molecule has 2 aliphatic carbocycles. The number of nitrogens with zero attached hydrogens (tertiary/aromatic N) is 4. The van der Waals surface area contributed by atoms with Crippen LogP contribution in [0.4, 0.5) is 5.82 Å². The van der Waals surface area contributed by atoms with Crippen LogP contribution in [0.2, 0.25) is 0 Å². The Morgan fingerprint density at radius 3 is 2.74 bits per heavy atom. The third-order valence-electron chi connectivity index (χ3n) is 7.85. The highest BCUT2D eigenvalue weighted by Crippen LogP contribution is 2.40. The lowest BCUT2D eigenvalue weighted by molar-refractivity contribution is 0.0128. The van der Waals surface area contributed by atoms with E-state index in [4.69, 9.17) is 10.7 Å². The summed E-state index contributed by atoms with van der Waals surface area (Å²) >= 11 is 0. The molecule has 2 amide bonds. The van der Waals surface area contributed by atoms with Crippen LogP contribution in [0.3, 0.4) is 0 Å². The molecule has 0 radical (unpaired) electrons. The van der Waals surface area contributed by atoms with E-state index in [0.717, 1.165) is 22.3 Å². The van der Waals surface area contributed by atoms with E-state index < -0.39 is 11.6 Å². The molecule has 3 aliphatic rings. The lowest BCUT2D eigenvalue weighted by Crippen LogP contribution is -2.57. The quantitative estimate of drug-likeness (QED) is 0.522.